The number of benzene rings is 1. The molecule has 0 saturated carbocycles. The first kappa shape index (κ1) is 16.1. The summed E-state index contributed by atoms with van der Waals surface area (Å²) in [5, 5.41) is 9.88. The van der Waals surface area contributed by atoms with Crippen molar-refractivity contribution in [3.05, 3.63) is 28.8 Å². The van der Waals surface area contributed by atoms with E-state index in [1.54, 1.807) is 11.0 Å². The molecule has 21 heavy (non-hydrogen) atoms. The summed E-state index contributed by atoms with van der Waals surface area (Å²) in [4.78, 5) is 16.6. The summed E-state index contributed by atoms with van der Waals surface area (Å²) in [6.07, 6.45) is 0. The predicted molar refractivity (Wildman–Crippen MR) is 83.7 cm³/mol. The van der Waals surface area contributed by atoms with E-state index in [9.17, 15) is 9.90 Å². The van der Waals surface area contributed by atoms with Crippen LogP contribution >= 0.6 is 11.6 Å². The van der Waals surface area contributed by atoms with E-state index < -0.39 is 0 Å². The molecule has 1 aliphatic rings. The van der Waals surface area contributed by atoms with Gasteiger partial charge in [-0.1, -0.05) is 18.5 Å². The minimum atomic E-state index is -0.123. The Morgan fingerprint density at radius 2 is 2.05 bits per heavy atom. The molecule has 1 unspecified atom stereocenters. The van der Waals surface area contributed by atoms with Gasteiger partial charge in [-0.2, -0.15) is 0 Å². The standard InChI is InChI=1S/C15H22ClN3O2/c1-11(9-17)10-18-4-6-19(7-5-18)15(21)13-8-12(20)2-3-14(13)16/h2-3,8,11,20H,4-7,9-10,17H2,1H3. The van der Waals surface area contributed by atoms with Gasteiger partial charge in [0.15, 0.2) is 0 Å². The van der Waals surface area contributed by atoms with Crippen molar-refractivity contribution in [1.29, 1.82) is 0 Å². The second-order valence-corrected chi connectivity index (χ2v) is 6.01. The topological polar surface area (TPSA) is 69.8 Å². The Kier molecular flexibility index (Phi) is 5.45. The monoisotopic (exact) mass is 311 g/mol. The Bertz CT molecular complexity index is 502. The molecule has 2 rings (SSSR count). The first-order valence-corrected chi connectivity index (χ1v) is 7.59. The second kappa shape index (κ2) is 7.11. The molecular weight excluding hydrogens is 290 g/mol. The predicted octanol–water partition coefficient (Wildman–Crippen LogP) is 1.40. The van der Waals surface area contributed by atoms with E-state index in [1.807, 2.05) is 0 Å². The summed E-state index contributed by atoms with van der Waals surface area (Å²) in [7, 11) is 0. The van der Waals surface area contributed by atoms with Gasteiger partial charge < -0.3 is 15.7 Å². The van der Waals surface area contributed by atoms with Gasteiger partial charge in [0.05, 0.1) is 10.6 Å². The van der Waals surface area contributed by atoms with Crippen LogP contribution in [-0.4, -0.2) is 60.1 Å². The molecule has 0 spiro atoms. The van der Waals surface area contributed by atoms with Crippen molar-refractivity contribution in [2.24, 2.45) is 11.7 Å². The Hall–Kier alpha value is -1.30. The van der Waals surface area contributed by atoms with Crippen LogP contribution in [-0.2, 0) is 0 Å². The van der Waals surface area contributed by atoms with Crippen LogP contribution in [0, 0.1) is 5.92 Å². The number of aromatic hydroxyl groups is 1. The van der Waals surface area contributed by atoms with E-state index in [0.717, 1.165) is 19.6 Å². The summed E-state index contributed by atoms with van der Waals surface area (Å²) in [6.45, 7) is 6.79. The molecule has 0 bridgehead atoms. The van der Waals surface area contributed by atoms with Crippen LogP contribution in [0.3, 0.4) is 0 Å². The van der Waals surface area contributed by atoms with E-state index in [0.29, 0.717) is 36.1 Å². The summed E-state index contributed by atoms with van der Waals surface area (Å²) in [5.74, 6) is 0.397. The minimum absolute atomic E-state index is 0.0538. The maximum Gasteiger partial charge on any atom is 0.255 e. The Balaban J connectivity index is 1.95. The number of hydrogen-bond donors (Lipinski definition) is 2. The van der Waals surface area contributed by atoms with Crippen LogP contribution in [0.4, 0.5) is 0 Å². The molecule has 1 fully saturated rings. The van der Waals surface area contributed by atoms with Crippen molar-refractivity contribution < 1.29 is 9.90 Å². The van der Waals surface area contributed by atoms with Crippen molar-refractivity contribution >= 4 is 17.5 Å². The van der Waals surface area contributed by atoms with Gasteiger partial charge in [-0.05, 0) is 30.7 Å². The SMILES string of the molecule is CC(CN)CN1CCN(C(=O)c2cc(O)ccc2Cl)CC1. The Morgan fingerprint density at radius 1 is 1.38 bits per heavy atom. The number of piperazine rings is 1. The van der Waals surface area contributed by atoms with Crippen molar-refractivity contribution in [3.63, 3.8) is 0 Å². The fourth-order valence-electron chi connectivity index (χ4n) is 2.50. The third kappa shape index (κ3) is 4.09. The third-order valence-corrected chi connectivity index (χ3v) is 4.14. The number of carbonyl (C=O) groups excluding carboxylic acids is 1. The van der Waals surface area contributed by atoms with Crippen LogP contribution < -0.4 is 5.73 Å². The summed E-state index contributed by atoms with van der Waals surface area (Å²) >= 11 is 6.04. The van der Waals surface area contributed by atoms with Crippen LogP contribution in [0.2, 0.25) is 5.02 Å². The first-order valence-electron chi connectivity index (χ1n) is 7.21. The zero-order valence-corrected chi connectivity index (χ0v) is 13.0. The molecule has 1 aromatic carbocycles. The van der Waals surface area contributed by atoms with Gasteiger partial charge in [-0.3, -0.25) is 9.69 Å². The van der Waals surface area contributed by atoms with Crippen molar-refractivity contribution in [1.82, 2.24) is 9.80 Å². The molecule has 116 valence electrons. The van der Waals surface area contributed by atoms with Crippen molar-refractivity contribution in [3.8, 4) is 5.75 Å². The maximum atomic E-state index is 12.4. The molecule has 0 aromatic heterocycles. The Labute approximate surface area is 130 Å². The average Bonchev–Trinajstić information content (AvgIpc) is 2.49. The number of rotatable bonds is 4. The molecular formula is C15H22ClN3O2. The van der Waals surface area contributed by atoms with Crippen molar-refractivity contribution in [2.75, 3.05) is 39.3 Å². The van der Waals surface area contributed by atoms with Gasteiger partial charge in [-0.15, -0.1) is 0 Å². The molecule has 3 N–H and O–H groups in total. The number of halogens is 1. The number of phenols is 1. The lowest BCUT2D eigenvalue weighted by Gasteiger charge is -2.36. The quantitative estimate of drug-likeness (QED) is 0.882. The number of hydrogen-bond acceptors (Lipinski definition) is 4. The fourth-order valence-corrected chi connectivity index (χ4v) is 2.69. The van der Waals surface area contributed by atoms with Crippen LogP contribution in [0.15, 0.2) is 18.2 Å². The molecule has 1 amide bonds. The number of nitrogens with two attached hydrogens (primary N) is 1. The van der Waals surface area contributed by atoms with E-state index in [-0.39, 0.29) is 11.7 Å². The highest BCUT2D eigenvalue weighted by molar-refractivity contribution is 6.33. The van der Waals surface area contributed by atoms with Gasteiger partial charge >= 0.3 is 0 Å². The number of nitrogens with zero attached hydrogens (tertiary/aromatic N) is 2. The van der Waals surface area contributed by atoms with E-state index in [2.05, 4.69) is 11.8 Å². The van der Waals surface area contributed by atoms with Gasteiger partial charge in [0.2, 0.25) is 0 Å². The highest BCUT2D eigenvalue weighted by atomic mass is 35.5. The summed E-state index contributed by atoms with van der Waals surface area (Å²) < 4.78 is 0. The number of amides is 1. The average molecular weight is 312 g/mol. The van der Waals surface area contributed by atoms with Crippen LogP contribution in [0.5, 0.6) is 5.75 Å². The molecule has 5 nitrogen and oxygen atoms in total. The maximum absolute atomic E-state index is 12.4. The lowest BCUT2D eigenvalue weighted by Crippen LogP contribution is -2.50. The molecule has 6 heteroatoms. The van der Waals surface area contributed by atoms with E-state index >= 15 is 0 Å². The van der Waals surface area contributed by atoms with E-state index in [1.165, 1.54) is 12.1 Å². The number of carbonyl (C=O) groups is 1. The van der Waals surface area contributed by atoms with Crippen molar-refractivity contribution in [2.45, 2.75) is 6.92 Å². The van der Waals surface area contributed by atoms with Gasteiger partial charge in [0.25, 0.3) is 5.91 Å². The highest BCUT2D eigenvalue weighted by Crippen LogP contribution is 2.23. The lowest BCUT2D eigenvalue weighted by molar-refractivity contribution is 0.0621. The van der Waals surface area contributed by atoms with Gasteiger partial charge in [0.1, 0.15) is 5.75 Å². The van der Waals surface area contributed by atoms with Gasteiger partial charge in [0, 0.05) is 32.7 Å². The molecule has 1 aliphatic heterocycles. The fraction of sp³-hybridized carbons (Fsp3) is 0.533. The minimum Gasteiger partial charge on any atom is -0.508 e. The van der Waals surface area contributed by atoms with Crippen LogP contribution in [0.1, 0.15) is 17.3 Å². The molecule has 1 saturated heterocycles. The largest absolute Gasteiger partial charge is 0.508 e. The lowest BCUT2D eigenvalue weighted by atomic mass is 10.1. The van der Waals surface area contributed by atoms with Gasteiger partial charge in [-0.25, -0.2) is 0 Å². The smallest absolute Gasteiger partial charge is 0.255 e. The summed E-state index contributed by atoms with van der Waals surface area (Å²) in [5.41, 5.74) is 6.00. The zero-order valence-electron chi connectivity index (χ0n) is 12.3. The number of phenolic OH excluding ortho intramolecular Hbond substituents is 1. The first-order chi connectivity index (χ1) is 10.0. The molecule has 0 radical (unpaired) electrons. The third-order valence-electron chi connectivity index (χ3n) is 3.81. The zero-order chi connectivity index (χ0) is 15.4. The van der Waals surface area contributed by atoms with E-state index in [4.69, 9.17) is 17.3 Å². The highest BCUT2D eigenvalue weighted by Gasteiger charge is 2.24. The Morgan fingerprint density at radius 3 is 2.67 bits per heavy atom. The molecule has 0 aliphatic carbocycles. The second-order valence-electron chi connectivity index (χ2n) is 5.60. The van der Waals surface area contributed by atoms with Crippen LogP contribution in [0.25, 0.3) is 0 Å². The molecule has 1 atom stereocenters. The normalized spacial score (nSPS) is 17.8. The molecule has 1 aromatic rings. The summed E-state index contributed by atoms with van der Waals surface area (Å²) in [6, 6.07) is 4.45. The molecule has 1 heterocycles.